The number of aromatic nitrogens is 4. The van der Waals surface area contributed by atoms with Gasteiger partial charge >= 0.3 is 0 Å². The highest BCUT2D eigenvalue weighted by atomic mass is 16.5. The molecule has 0 fully saturated rings. The minimum Gasteiger partial charge on any atom is -0.496 e. The second-order valence-electron chi connectivity index (χ2n) is 5.39. The molecule has 0 bridgehead atoms. The van der Waals surface area contributed by atoms with Gasteiger partial charge in [-0.1, -0.05) is 23.3 Å². The Labute approximate surface area is 127 Å². The van der Waals surface area contributed by atoms with Crippen molar-refractivity contribution >= 4 is 11.7 Å². The molecule has 1 atom stereocenters. The maximum Gasteiger partial charge on any atom is 0.248 e. The van der Waals surface area contributed by atoms with E-state index in [0.717, 1.165) is 35.4 Å². The molecule has 0 spiro atoms. The fraction of sp³-hybridized carbons (Fsp3) is 0.333. The molecule has 112 valence electrons. The topological polar surface area (TPSA) is 81.9 Å². The van der Waals surface area contributed by atoms with Gasteiger partial charge in [-0.05, 0) is 29.3 Å². The van der Waals surface area contributed by atoms with Crippen LogP contribution in [0.3, 0.4) is 0 Å². The van der Waals surface area contributed by atoms with Crippen LogP contribution >= 0.6 is 0 Å². The van der Waals surface area contributed by atoms with Gasteiger partial charge in [0.1, 0.15) is 11.8 Å². The van der Waals surface area contributed by atoms with Crippen LogP contribution in [-0.2, 0) is 4.79 Å². The lowest BCUT2D eigenvalue weighted by molar-refractivity contribution is -0.116. The number of ketones is 1. The third-order valence-electron chi connectivity index (χ3n) is 4.16. The van der Waals surface area contributed by atoms with Crippen LogP contribution in [0.2, 0.25) is 0 Å². The third-order valence-corrected chi connectivity index (χ3v) is 4.16. The minimum atomic E-state index is -0.342. The number of Topliss-reactive ketones (excluding diaryl/α,β-unsaturated/α-hetero) is 1. The first-order chi connectivity index (χ1) is 10.8. The van der Waals surface area contributed by atoms with E-state index < -0.39 is 0 Å². The highest BCUT2D eigenvalue weighted by Gasteiger charge is 2.37. The maximum atomic E-state index is 12.5. The van der Waals surface area contributed by atoms with E-state index in [1.165, 1.54) is 0 Å². The quantitative estimate of drug-likeness (QED) is 0.908. The Balaban J connectivity index is 1.95. The number of ether oxygens (including phenoxy) is 1. The van der Waals surface area contributed by atoms with Crippen LogP contribution in [0.25, 0.3) is 0 Å². The number of para-hydroxylation sites is 1. The first-order valence-electron chi connectivity index (χ1n) is 7.23. The van der Waals surface area contributed by atoms with Gasteiger partial charge in [-0.15, -0.1) is 0 Å². The van der Waals surface area contributed by atoms with Crippen molar-refractivity contribution in [1.82, 2.24) is 20.2 Å². The summed E-state index contributed by atoms with van der Waals surface area (Å²) in [5, 5.41) is 15.0. The number of nitrogens with zero attached hydrogens (tertiary/aromatic N) is 4. The van der Waals surface area contributed by atoms with Gasteiger partial charge in [0.15, 0.2) is 5.78 Å². The van der Waals surface area contributed by atoms with Gasteiger partial charge in [0.05, 0.1) is 7.11 Å². The molecule has 1 aromatic carbocycles. The number of allylic oxidation sites excluding steroid dienone is 2. The summed E-state index contributed by atoms with van der Waals surface area (Å²) in [6.07, 6.45) is 2.24. The average molecular weight is 297 g/mol. The standard InChI is InChI=1S/C15H15N5O2/c1-22-12-8-3-2-5-9(12)14-13-10(6-4-7-11(13)21)16-15-17-18-19-20(14)15/h2-3,5,8,14H,4,6-7H2,1H3,(H,16,17,19)/t14-/m0/s1. The Morgan fingerprint density at radius 3 is 3.05 bits per heavy atom. The molecule has 4 rings (SSSR count). The van der Waals surface area contributed by atoms with Crippen LogP contribution < -0.4 is 10.1 Å². The summed E-state index contributed by atoms with van der Waals surface area (Å²) in [5.74, 6) is 1.43. The van der Waals surface area contributed by atoms with Crippen LogP contribution in [0, 0.1) is 0 Å². The average Bonchev–Trinajstić information content (AvgIpc) is 3.01. The van der Waals surface area contributed by atoms with E-state index >= 15 is 0 Å². The summed E-state index contributed by atoms with van der Waals surface area (Å²) in [7, 11) is 1.62. The van der Waals surface area contributed by atoms with Gasteiger partial charge in [-0.25, -0.2) is 0 Å². The van der Waals surface area contributed by atoms with Crippen LogP contribution in [0.4, 0.5) is 5.95 Å². The zero-order valence-corrected chi connectivity index (χ0v) is 12.1. The zero-order chi connectivity index (χ0) is 15.1. The molecular formula is C15H15N5O2. The van der Waals surface area contributed by atoms with Gasteiger partial charge in [0, 0.05) is 23.3 Å². The van der Waals surface area contributed by atoms with Crippen LogP contribution in [-0.4, -0.2) is 33.1 Å². The number of methoxy groups -OCH3 is 1. The van der Waals surface area contributed by atoms with Gasteiger partial charge in [-0.2, -0.15) is 4.68 Å². The molecule has 0 unspecified atom stereocenters. The molecule has 2 heterocycles. The van der Waals surface area contributed by atoms with Crippen LogP contribution in [0.15, 0.2) is 35.5 Å². The molecule has 0 saturated heterocycles. The number of anilines is 1. The van der Waals surface area contributed by atoms with E-state index in [1.54, 1.807) is 11.8 Å². The SMILES string of the molecule is COc1ccccc1[C@H]1C2=C(CCCC2=O)Nc2nnnn21. The summed E-state index contributed by atoms with van der Waals surface area (Å²) >= 11 is 0. The van der Waals surface area contributed by atoms with Crippen molar-refractivity contribution in [2.45, 2.75) is 25.3 Å². The molecule has 2 aliphatic rings. The highest BCUT2D eigenvalue weighted by molar-refractivity contribution is 5.99. The molecule has 1 aliphatic heterocycles. The van der Waals surface area contributed by atoms with Crippen molar-refractivity contribution in [3.8, 4) is 5.75 Å². The number of benzene rings is 1. The number of hydrogen-bond donors (Lipinski definition) is 1. The smallest absolute Gasteiger partial charge is 0.248 e. The second-order valence-corrected chi connectivity index (χ2v) is 5.39. The van der Waals surface area contributed by atoms with Crippen molar-refractivity contribution in [1.29, 1.82) is 0 Å². The maximum absolute atomic E-state index is 12.5. The molecule has 1 N–H and O–H groups in total. The Morgan fingerprint density at radius 1 is 1.32 bits per heavy atom. The monoisotopic (exact) mass is 297 g/mol. The van der Waals surface area contributed by atoms with Crippen LogP contribution in [0.1, 0.15) is 30.9 Å². The lowest BCUT2D eigenvalue weighted by atomic mass is 9.85. The van der Waals surface area contributed by atoms with E-state index in [2.05, 4.69) is 20.8 Å². The van der Waals surface area contributed by atoms with E-state index in [4.69, 9.17) is 4.74 Å². The number of hydrogen-bond acceptors (Lipinski definition) is 6. The van der Waals surface area contributed by atoms with Gasteiger partial charge in [0.25, 0.3) is 0 Å². The van der Waals surface area contributed by atoms with Crippen molar-refractivity contribution in [3.05, 3.63) is 41.1 Å². The number of rotatable bonds is 2. The fourth-order valence-corrected chi connectivity index (χ4v) is 3.20. The number of carbonyl (C=O) groups excluding carboxylic acids is 1. The first kappa shape index (κ1) is 13.0. The summed E-state index contributed by atoms with van der Waals surface area (Å²) in [5.41, 5.74) is 2.56. The molecule has 2 aromatic rings. The number of tetrazole rings is 1. The van der Waals surface area contributed by atoms with Crippen molar-refractivity contribution < 1.29 is 9.53 Å². The van der Waals surface area contributed by atoms with E-state index in [0.29, 0.717) is 12.4 Å². The molecule has 0 radical (unpaired) electrons. The third kappa shape index (κ3) is 1.82. The minimum absolute atomic E-state index is 0.144. The van der Waals surface area contributed by atoms with Crippen molar-refractivity contribution in [2.24, 2.45) is 0 Å². The Kier molecular flexibility index (Phi) is 2.92. The van der Waals surface area contributed by atoms with Gasteiger partial charge < -0.3 is 10.1 Å². The van der Waals surface area contributed by atoms with E-state index in [1.807, 2.05) is 24.3 Å². The predicted octanol–water partition coefficient (Wildman–Crippen LogP) is 1.70. The second kappa shape index (κ2) is 4.94. The summed E-state index contributed by atoms with van der Waals surface area (Å²) in [6.45, 7) is 0. The lowest BCUT2D eigenvalue weighted by Crippen LogP contribution is -2.31. The van der Waals surface area contributed by atoms with Crippen LogP contribution in [0.5, 0.6) is 5.75 Å². The molecular weight excluding hydrogens is 282 g/mol. The summed E-state index contributed by atoms with van der Waals surface area (Å²) in [6, 6.07) is 7.33. The molecule has 0 saturated carbocycles. The van der Waals surface area contributed by atoms with Gasteiger partial charge in [-0.3, -0.25) is 4.79 Å². The first-order valence-corrected chi connectivity index (χ1v) is 7.23. The Morgan fingerprint density at radius 2 is 2.18 bits per heavy atom. The van der Waals surface area contributed by atoms with E-state index in [9.17, 15) is 4.79 Å². The number of carbonyl (C=O) groups is 1. The van der Waals surface area contributed by atoms with E-state index in [-0.39, 0.29) is 11.8 Å². The largest absolute Gasteiger partial charge is 0.496 e. The highest BCUT2D eigenvalue weighted by Crippen LogP contribution is 2.41. The zero-order valence-electron chi connectivity index (χ0n) is 12.1. The molecule has 7 nitrogen and oxygen atoms in total. The van der Waals surface area contributed by atoms with Gasteiger partial charge in [0.2, 0.25) is 5.95 Å². The molecule has 7 heteroatoms. The fourth-order valence-electron chi connectivity index (χ4n) is 3.20. The molecule has 1 aliphatic carbocycles. The molecule has 22 heavy (non-hydrogen) atoms. The number of nitrogens with one attached hydrogen (secondary N) is 1. The molecule has 0 amide bonds. The van der Waals surface area contributed by atoms with Crippen molar-refractivity contribution in [2.75, 3.05) is 12.4 Å². The summed E-state index contributed by atoms with van der Waals surface area (Å²) in [4.78, 5) is 12.5. The number of fused-ring (bicyclic) bond motifs is 1. The van der Waals surface area contributed by atoms with Crippen molar-refractivity contribution in [3.63, 3.8) is 0 Å². The lowest BCUT2D eigenvalue weighted by Gasteiger charge is -2.32. The Bertz CT molecular complexity index is 780. The predicted molar refractivity (Wildman–Crippen MR) is 78.5 cm³/mol. The Hall–Kier alpha value is -2.70. The normalized spacial score (nSPS) is 20.2. The summed E-state index contributed by atoms with van der Waals surface area (Å²) < 4.78 is 7.12. The molecule has 1 aromatic heterocycles.